The Bertz CT molecular complexity index is 1550. The lowest BCUT2D eigenvalue weighted by atomic mass is 9.81. The Hall–Kier alpha value is -3.31. The van der Waals surface area contributed by atoms with E-state index in [0.717, 1.165) is 15.6 Å². The number of nitrogens with two attached hydrogens (primary N) is 2. The standard InChI is InChI=1S/C24H30ClN7O7S2/c1-12(2)31-6-5-14(15(11-31)22(26)33)20(41(27,37)38)9-28-23(34)17-8-16(24(35)36)29-32(17)10-13-7-18(39-30-13)19-3-4-21(25)40-19/h3-4,7-8,12,14-15,20H,5-6,9-11H2,1-2H3,(H2,26,33)(H,28,34)(H,35,36)(H2,27,37,38). The summed E-state index contributed by atoms with van der Waals surface area (Å²) < 4.78 is 32.3. The fourth-order valence-corrected chi connectivity index (χ4v) is 7.05. The zero-order valence-electron chi connectivity index (χ0n) is 22.2. The van der Waals surface area contributed by atoms with Gasteiger partial charge in [0.25, 0.3) is 5.91 Å². The van der Waals surface area contributed by atoms with Crippen molar-refractivity contribution >= 4 is 50.7 Å². The van der Waals surface area contributed by atoms with E-state index < -0.39 is 57.1 Å². The fourth-order valence-electron chi connectivity index (χ4n) is 4.93. The molecule has 3 aromatic rings. The molecule has 41 heavy (non-hydrogen) atoms. The molecule has 0 aliphatic carbocycles. The second kappa shape index (κ2) is 12.3. The van der Waals surface area contributed by atoms with Gasteiger partial charge in [-0.25, -0.2) is 18.4 Å². The predicted octanol–water partition coefficient (Wildman–Crippen LogP) is 1.22. The number of hydrogen-bond acceptors (Lipinski definition) is 10. The van der Waals surface area contributed by atoms with Gasteiger partial charge in [0.15, 0.2) is 11.5 Å². The molecule has 3 unspecified atom stereocenters. The Morgan fingerprint density at radius 2 is 2.02 bits per heavy atom. The predicted molar refractivity (Wildman–Crippen MR) is 150 cm³/mol. The number of halogens is 1. The first-order valence-corrected chi connectivity index (χ1v) is 15.4. The number of likely N-dealkylation sites (tertiary alicyclic amines) is 1. The first-order chi connectivity index (χ1) is 19.2. The number of thiophene rings is 1. The third kappa shape index (κ3) is 7.13. The van der Waals surface area contributed by atoms with Crippen LogP contribution in [0.5, 0.6) is 0 Å². The summed E-state index contributed by atoms with van der Waals surface area (Å²) in [5, 5.41) is 24.2. The minimum Gasteiger partial charge on any atom is -0.476 e. The number of nitrogens with one attached hydrogen (secondary N) is 1. The van der Waals surface area contributed by atoms with Crippen molar-refractivity contribution in [2.75, 3.05) is 19.6 Å². The van der Waals surface area contributed by atoms with Crippen LogP contribution in [0.3, 0.4) is 0 Å². The summed E-state index contributed by atoms with van der Waals surface area (Å²) in [5.74, 6) is -3.90. The number of carboxylic acids is 1. The van der Waals surface area contributed by atoms with E-state index in [1.807, 2.05) is 18.7 Å². The average Bonchev–Trinajstić information content (AvgIpc) is 3.63. The normalized spacial score (nSPS) is 18.9. The van der Waals surface area contributed by atoms with Crippen LogP contribution in [-0.4, -0.2) is 82.1 Å². The van der Waals surface area contributed by atoms with Gasteiger partial charge in [-0.1, -0.05) is 16.8 Å². The summed E-state index contributed by atoms with van der Waals surface area (Å²) >= 11 is 7.26. The van der Waals surface area contributed by atoms with Gasteiger partial charge in [0, 0.05) is 31.3 Å². The van der Waals surface area contributed by atoms with Crippen molar-refractivity contribution in [1.29, 1.82) is 0 Å². The molecule has 222 valence electrons. The van der Waals surface area contributed by atoms with Gasteiger partial charge < -0.3 is 25.6 Å². The number of aromatic carboxylic acids is 1. The lowest BCUT2D eigenvalue weighted by Crippen LogP contribution is -2.55. The molecule has 4 rings (SSSR count). The summed E-state index contributed by atoms with van der Waals surface area (Å²) in [4.78, 5) is 39.9. The van der Waals surface area contributed by atoms with Crippen molar-refractivity contribution in [1.82, 2.24) is 25.2 Å². The molecule has 0 saturated carbocycles. The number of piperidine rings is 1. The number of primary sulfonamides is 1. The Morgan fingerprint density at radius 1 is 1.29 bits per heavy atom. The van der Waals surface area contributed by atoms with Gasteiger partial charge in [0.1, 0.15) is 11.4 Å². The topological polar surface area (TPSA) is 217 Å². The third-order valence-corrected chi connectivity index (χ3v) is 9.68. The van der Waals surface area contributed by atoms with Gasteiger partial charge >= 0.3 is 5.97 Å². The molecule has 1 saturated heterocycles. The molecule has 17 heteroatoms. The quantitative estimate of drug-likeness (QED) is 0.238. The highest BCUT2D eigenvalue weighted by molar-refractivity contribution is 7.89. The molecular formula is C24H30ClN7O7S2. The molecule has 3 atom stereocenters. The molecule has 0 radical (unpaired) electrons. The van der Waals surface area contributed by atoms with E-state index in [1.165, 1.54) is 11.3 Å². The summed E-state index contributed by atoms with van der Waals surface area (Å²) in [7, 11) is -4.22. The van der Waals surface area contributed by atoms with Crippen molar-refractivity contribution in [3.63, 3.8) is 0 Å². The van der Waals surface area contributed by atoms with Gasteiger partial charge in [-0.05, 0) is 44.9 Å². The van der Waals surface area contributed by atoms with Crippen molar-refractivity contribution in [3.8, 4) is 10.6 Å². The van der Waals surface area contributed by atoms with Crippen molar-refractivity contribution in [3.05, 3.63) is 45.7 Å². The van der Waals surface area contributed by atoms with E-state index in [2.05, 4.69) is 15.6 Å². The molecule has 6 N–H and O–H groups in total. The monoisotopic (exact) mass is 627 g/mol. The second-order valence-electron chi connectivity index (χ2n) is 10.1. The highest BCUT2D eigenvalue weighted by Gasteiger charge is 2.43. The zero-order chi connectivity index (χ0) is 30.1. The Kier molecular flexibility index (Phi) is 9.18. The van der Waals surface area contributed by atoms with E-state index in [-0.39, 0.29) is 24.8 Å². The molecule has 1 aliphatic heterocycles. The summed E-state index contributed by atoms with van der Waals surface area (Å²) in [6.07, 6.45) is 0.327. The van der Waals surface area contributed by atoms with E-state index in [1.54, 1.807) is 18.2 Å². The van der Waals surface area contributed by atoms with E-state index in [9.17, 15) is 27.9 Å². The molecule has 1 aliphatic rings. The first kappa shape index (κ1) is 30.6. The lowest BCUT2D eigenvalue weighted by Gasteiger charge is -2.41. The first-order valence-electron chi connectivity index (χ1n) is 12.6. The number of nitrogens with zero attached hydrogens (tertiary/aromatic N) is 4. The maximum absolute atomic E-state index is 13.2. The number of rotatable bonds is 11. The van der Waals surface area contributed by atoms with Gasteiger partial charge in [-0.15, -0.1) is 11.3 Å². The number of amides is 2. The molecule has 14 nitrogen and oxygen atoms in total. The van der Waals surface area contributed by atoms with E-state index in [4.69, 9.17) is 27.0 Å². The van der Waals surface area contributed by atoms with Crippen LogP contribution in [0.25, 0.3) is 10.6 Å². The SMILES string of the molecule is CC(C)N1CCC(C(CNC(=O)c2cc(C(=O)O)nn2Cc2cc(-c3ccc(Cl)s3)on2)S(N)(=O)=O)C(C(N)=O)C1. The lowest BCUT2D eigenvalue weighted by molar-refractivity contribution is -0.125. The van der Waals surface area contributed by atoms with Crippen LogP contribution in [0, 0.1) is 11.8 Å². The summed E-state index contributed by atoms with van der Waals surface area (Å²) in [5.41, 5.74) is 5.43. The molecule has 1 fully saturated rings. The maximum Gasteiger partial charge on any atom is 0.356 e. The van der Waals surface area contributed by atoms with Crippen LogP contribution < -0.4 is 16.2 Å². The Labute approximate surface area is 244 Å². The maximum atomic E-state index is 13.2. The zero-order valence-corrected chi connectivity index (χ0v) is 24.6. The van der Waals surface area contributed by atoms with E-state index >= 15 is 0 Å². The highest BCUT2D eigenvalue weighted by Crippen LogP contribution is 2.32. The second-order valence-corrected chi connectivity index (χ2v) is 13.6. The van der Waals surface area contributed by atoms with Crippen LogP contribution in [0.4, 0.5) is 0 Å². The van der Waals surface area contributed by atoms with E-state index in [0.29, 0.717) is 28.8 Å². The fraction of sp³-hybridized carbons (Fsp3) is 0.458. The van der Waals surface area contributed by atoms with Gasteiger partial charge in [-0.2, -0.15) is 5.10 Å². The number of aromatic nitrogens is 3. The van der Waals surface area contributed by atoms with Crippen LogP contribution in [0.1, 0.15) is 46.9 Å². The molecule has 4 heterocycles. The van der Waals surface area contributed by atoms with Crippen LogP contribution >= 0.6 is 22.9 Å². The Balaban J connectivity index is 1.54. The Morgan fingerprint density at radius 3 is 2.61 bits per heavy atom. The van der Waals surface area contributed by atoms with Crippen LogP contribution in [0.15, 0.2) is 28.8 Å². The highest BCUT2D eigenvalue weighted by atomic mass is 35.5. The number of carbonyl (C=O) groups excluding carboxylic acids is 2. The summed E-state index contributed by atoms with van der Waals surface area (Å²) in [6.45, 7) is 4.18. The van der Waals surface area contributed by atoms with Crippen LogP contribution in [0.2, 0.25) is 4.34 Å². The minimum atomic E-state index is -4.22. The smallest absolute Gasteiger partial charge is 0.356 e. The molecule has 0 bridgehead atoms. The minimum absolute atomic E-state index is 0.116. The van der Waals surface area contributed by atoms with Gasteiger partial charge in [0.05, 0.1) is 26.9 Å². The number of carboxylic acid groups (broad SMARTS) is 1. The van der Waals surface area contributed by atoms with Crippen molar-refractivity contribution < 1.29 is 32.4 Å². The number of sulfonamides is 1. The number of primary amides is 1. The largest absolute Gasteiger partial charge is 0.476 e. The van der Waals surface area contributed by atoms with Gasteiger partial charge in [-0.3, -0.25) is 14.3 Å². The molecule has 3 aromatic heterocycles. The average molecular weight is 628 g/mol. The van der Waals surface area contributed by atoms with Gasteiger partial charge in [0.2, 0.25) is 15.9 Å². The molecule has 0 spiro atoms. The molecule has 0 aromatic carbocycles. The van der Waals surface area contributed by atoms with Crippen LogP contribution in [-0.2, 0) is 21.4 Å². The summed E-state index contributed by atoms with van der Waals surface area (Å²) in [6, 6.07) is 6.25. The number of hydrogen-bond donors (Lipinski definition) is 4. The van der Waals surface area contributed by atoms with Crippen molar-refractivity contribution in [2.24, 2.45) is 22.7 Å². The number of carbonyl (C=O) groups is 3. The van der Waals surface area contributed by atoms with Crippen molar-refractivity contribution in [2.45, 2.75) is 38.1 Å². The molecule has 2 amide bonds. The third-order valence-electron chi connectivity index (χ3n) is 7.08. The molecular weight excluding hydrogens is 598 g/mol.